The molecule has 2 atom stereocenters. The van der Waals surface area contributed by atoms with Crippen molar-refractivity contribution in [3.8, 4) is 0 Å². The van der Waals surface area contributed by atoms with Gasteiger partial charge in [-0.15, -0.1) is 12.4 Å². The van der Waals surface area contributed by atoms with Gasteiger partial charge in [-0.05, 0) is 43.2 Å². The molecule has 1 amide bonds. The summed E-state index contributed by atoms with van der Waals surface area (Å²) in [6, 6.07) is 0. The molecule has 18 heavy (non-hydrogen) atoms. The van der Waals surface area contributed by atoms with Crippen molar-refractivity contribution in [2.75, 3.05) is 26.2 Å². The molecule has 0 spiro atoms. The van der Waals surface area contributed by atoms with Gasteiger partial charge in [-0.3, -0.25) is 4.79 Å². The van der Waals surface area contributed by atoms with Crippen molar-refractivity contribution in [3.05, 3.63) is 0 Å². The molecule has 2 saturated heterocycles. The fourth-order valence-corrected chi connectivity index (χ4v) is 3.03. The summed E-state index contributed by atoms with van der Waals surface area (Å²) in [6.07, 6.45) is 3.06. The SMILES string of the molecule is CC(C)(C)CC(=O)N1CC[C@@H]2CNC[C@@H]2CC1.Cl. The lowest BCUT2D eigenvalue weighted by molar-refractivity contribution is -0.133. The highest BCUT2D eigenvalue weighted by Gasteiger charge is 2.32. The first kappa shape index (κ1) is 15.8. The van der Waals surface area contributed by atoms with E-state index in [4.69, 9.17) is 0 Å². The van der Waals surface area contributed by atoms with Crippen LogP contribution in [0, 0.1) is 17.3 Å². The number of carbonyl (C=O) groups excluding carboxylic acids is 1. The predicted octanol–water partition coefficient (Wildman–Crippen LogP) is 2.30. The largest absolute Gasteiger partial charge is 0.343 e. The van der Waals surface area contributed by atoms with Crippen LogP contribution in [0.25, 0.3) is 0 Å². The Labute approximate surface area is 117 Å². The van der Waals surface area contributed by atoms with Gasteiger partial charge in [0.05, 0.1) is 0 Å². The predicted molar refractivity (Wildman–Crippen MR) is 77.0 cm³/mol. The molecule has 0 aliphatic carbocycles. The zero-order valence-corrected chi connectivity index (χ0v) is 12.7. The highest BCUT2D eigenvalue weighted by molar-refractivity contribution is 5.85. The molecule has 0 unspecified atom stereocenters. The average molecular weight is 275 g/mol. The molecule has 2 aliphatic rings. The Kier molecular flexibility index (Phi) is 5.47. The minimum Gasteiger partial charge on any atom is -0.343 e. The maximum atomic E-state index is 12.2. The molecule has 0 bridgehead atoms. The number of rotatable bonds is 1. The summed E-state index contributed by atoms with van der Waals surface area (Å²) in [7, 11) is 0. The van der Waals surface area contributed by atoms with E-state index in [1.165, 1.54) is 12.8 Å². The molecule has 3 nitrogen and oxygen atoms in total. The van der Waals surface area contributed by atoms with Gasteiger partial charge < -0.3 is 10.2 Å². The second-order valence-corrected chi connectivity index (χ2v) is 6.87. The molecule has 2 aliphatic heterocycles. The van der Waals surface area contributed by atoms with E-state index in [0.717, 1.165) is 38.0 Å². The number of hydrogen-bond donors (Lipinski definition) is 1. The maximum Gasteiger partial charge on any atom is 0.223 e. The van der Waals surface area contributed by atoms with Crippen LogP contribution in [-0.2, 0) is 4.79 Å². The fourth-order valence-electron chi connectivity index (χ4n) is 3.03. The minimum atomic E-state index is 0. The lowest BCUT2D eigenvalue weighted by atomic mass is 9.91. The molecular formula is C14H27ClN2O. The zero-order valence-electron chi connectivity index (χ0n) is 11.9. The van der Waals surface area contributed by atoms with Crippen molar-refractivity contribution in [1.82, 2.24) is 10.2 Å². The highest BCUT2D eigenvalue weighted by Crippen LogP contribution is 2.28. The first-order valence-corrected chi connectivity index (χ1v) is 6.94. The molecule has 2 rings (SSSR count). The van der Waals surface area contributed by atoms with Crippen LogP contribution in [0.15, 0.2) is 0 Å². The van der Waals surface area contributed by atoms with Crippen molar-refractivity contribution in [1.29, 1.82) is 0 Å². The second-order valence-electron chi connectivity index (χ2n) is 6.87. The van der Waals surface area contributed by atoms with Crippen molar-refractivity contribution in [2.45, 2.75) is 40.0 Å². The van der Waals surface area contributed by atoms with Gasteiger partial charge in [0.15, 0.2) is 0 Å². The minimum absolute atomic E-state index is 0. The van der Waals surface area contributed by atoms with E-state index >= 15 is 0 Å². The molecule has 0 radical (unpaired) electrons. The number of nitrogens with one attached hydrogen (secondary N) is 1. The lowest BCUT2D eigenvalue weighted by Gasteiger charge is -2.25. The molecule has 0 aromatic carbocycles. The van der Waals surface area contributed by atoms with Gasteiger partial charge in [-0.2, -0.15) is 0 Å². The normalized spacial score (nSPS) is 28.3. The molecule has 2 heterocycles. The van der Waals surface area contributed by atoms with Crippen LogP contribution in [0.2, 0.25) is 0 Å². The Morgan fingerprint density at radius 3 is 2.11 bits per heavy atom. The van der Waals surface area contributed by atoms with Crippen molar-refractivity contribution < 1.29 is 4.79 Å². The summed E-state index contributed by atoms with van der Waals surface area (Å²) in [4.78, 5) is 14.3. The summed E-state index contributed by atoms with van der Waals surface area (Å²) in [5.41, 5.74) is 0.112. The van der Waals surface area contributed by atoms with E-state index in [-0.39, 0.29) is 17.8 Å². The van der Waals surface area contributed by atoms with Crippen molar-refractivity contribution in [2.24, 2.45) is 17.3 Å². The smallest absolute Gasteiger partial charge is 0.223 e. The van der Waals surface area contributed by atoms with E-state index < -0.39 is 0 Å². The quantitative estimate of drug-likeness (QED) is 0.796. The number of amides is 1. The van der Waals surface area contributed by atoms with Gasteiger partial charge >= 0.3 is 0 Å². The molecule has 2 fully saturated rings. The Hall–Kier alpha value is -0.280. The molecule has 4 heteroatoms. The number of hydrogen-bond acceptors (Lipinski definition) is 2. The summed E-state index contributed by atoms with van der Waals surface area (Å²) in [5, 5.41) is 3.47. The molecule has 0 aromatic rings. The van der Waals surface area contributed by atoms with E-state index in [9.17, 15) is 4.79 Å². The monoisotopic (exact) mass is 274 g/mol. The fraction of sp³-hybridized carbons (Fsp3) is 0.929. The number of carbonyl (C=O) groups is 1. The molecular weight excluding hydrogens is 248 g/mol. The van der Waals surface area contributed by atoms with Gasteiger partial charge in [0.2, 0.25) is 5.91 Å². The van der Waals surface area contributed by atoms with Crippen LogP contribution in [0.5, 0.6) is 0 Å². The third-order valence-electron chi connectivity index (χ3n) is 4.05. The van der Waals surface area contributed by atoms with Gasteiger partial charge in [0.25, 0.3) is 0 Å². The van der Waals surface area contributed by atoms with Crippen LogP contribution in [0.3, 0.4) is 0 Å². The average Bonchev–Trinajstić information content (AvgIpc) is 2.54. The Balaban J connectivity index is 0.00000162. The summed E-state index contributed by atoms with van der Waals surface area (Å²) in [6.45, 7) is 10.7. The van der Waals surface area contributed by atoms with E-state index in [2.05, 4.69) is 31.0 Å². The Morgan fingerprint density at radius 1 is 1.17 bits per heavy atom. The van der Waals surface area contributed by atoms with Crippen LogP contribution >= 0.6 is 12.4 Å². The van der Waals surface area contributed by atoms with Gasteiger partial charge in [0.1, 0.15) is 0 Å². The molecule has 0 aromatic heterocycles. The van der Waals surface area contributed by atoms with Crippen LogP contribution in [0.1, 0.15) is 40.0 Å². The Bertz CT molecular complexity index is 274. The van der Waals surface area contributed by atoms with Gasteiger partial charge in [0, 0.05) is 19.5 Å². The third-order valence-corrected chi connectivity index (χ3v) is 4.05. The van der Waals surface area contributed by atoms with Crippen molar-refractivity contribution >= 4 is 18.3 Å². The van der Waals surface area contributed by atoms with Crippen LogP contribution in [0.4, 0.5) is 0 Å². The van der Waals surface area contributed by atoms with Crippen LogP contribution < -0.4 is 5.32 Å². The summed E-state index contributed by atoms with van der Waals surface area (Å²) < 4.78 is 0. The number of fused-ring (bicyclic) bond motifs is 1. The molecule has 0 saturated carbocycles. The lowest BCUT2D eigenvalue weighted by Crippen LogP contribution is -2.35. The van der Waals surface area contributed by atoms with E-state index in [1.54, 1.807) is 0 Å². The first-order valence-electron chi connectivity index (χ1n) is 6.94. The highest BCUT2D eigenvalue weighted by atomic mass is 35.5. The van der Waals surface area contributed by atoms with Gasteiger partial charge in [-0.25, -0.2) is 0 Å². The second kappa shape index (κ2) is 6.25. The maximum absolute atomic E-state index is 12.2. The number of likely N-dealkylation sites (tertiary alicyclic amines) is 1. The standard InChI is InChI=1S/C14H26N2O.ClH/c1-14(2,3)8-13(17)16-6-4-11-9-15-10-12(11)5-7-16;/h11-12,15H,4-10H2,1-3H3;1H/t11-,12+;. The number of halogens is 1. The molecule has 106 valence electrons. The zero-order chi connectivity index (χ0) is 12.5. The van der Waals surface area contributed by atoms with Gasteiger partial charge in [-0.1, -0.05) is 20.8 Å². The van der Waals surface area contributed by atoms with E-state index in [1.807, 2.05) is 0 Å². The number of nitrogens with zero attached hydrogens (tertiary/aromatic N) is 1. The topological polar surface area (TPSA) is 32.3 Å². The summed E-state index contributed by atoms with van der Waals surface area (Å²) >= 11 is 0. The molecule has 1 N–H and O–H groups in total. The van der Waals surface area contributed by atoms with E-state index in [0.29, 0.717) is 12.3 Å². The van der Waals surface area contributed by atoms with Crippen molar-refractivity contribution in [3.63, 3.8) is 0 Å². The van der Waals surface area contributed by atoms with Crippen LogP contribution in [-0.4, -0.2) is 37.0 Å². The summed E-state index contributed by atoms with van der Waals surface area (Å²) in [5.74, 6) is 1.97. The first-order chi connectivity index (χ1) is 7.96. The Morgan fingerprint density at radius 2 is 1.67 bits per heavy atom. The third kappa shape index (κ3) is 4.13.